The van der Waals surface area contributed by atoms with Crippen LogP contribution >= 0.6 is 0 Å². The fourth-order valence-electron chi connectivity index (χ4n) is 3.83. The van der Waals surface area contributed by atoms with Gasteiger partial charge in [0.25, 0.3) is 0 Å². The summed E-state index contributed by atoms with van der Waals surface area (Å²) in [6, 6.07) is 0.658. The van der Waals surface area contributed by atoms with Crippen LogP contribution in [0.3, 0.4) is 0 Å². The second-order valence-corrected chi connectivity index (χ2v) is 7.17. The molecular formula is C18H38N2. The molecule has 120 valence electrons. The van der Waals surface area contributed by atoms with Crippen molar-refractivity contribution in [1.29, 1.82) is 0 Å². The molecule has 0 radical (unpaired) electrons. The Bertz CT molecular complexity index is 242. The molecule has 1 rings (SSSR count). The van der Waals surface area contributed by atoms with E-state index in [-0.39, 0.29) is 0 Å². The highest BCUT2D eigenvalue weighted by molar-refractivity contribution is 5.00. The van der Waals surface area contributed by atoms with Gasteiger partial charge in [0.05, 0.1) is 0 Å². The summed E-state index contributed by atoms with van der Waals surface area (Å²) >= 11 is 0. The monoisotopic (exact) mass is 282 g/mol. The largest absolute Gasteiger partial charge is 0.312 e. The molecule has 0 aromatic heterocycles. The number of nitrogens with zero attached hydrogens (tertiary/aromatic N) is 1. The summed E-state index contributed by atoms with van der Waals surface area (Å²) in [7, 11) is 4.62. The third-order valence-electron chi connectivity index (χ3n) is 5.48. The molecule has 0 aliphatic heterocycles. The summed E-state index contributed by atoms with van der Waals surface area (Å²) in [5.41, 5.74) is 0.384. The fourth-order valence-corrected chi connectivity index (χ4v) is 3.83. The van der Waals surface area contributed by atoms with Gasteiger partial charge >= 0.3 is 0 Å². The normalized spacial score (nSPS) is 22.5. The molecule has 20 heavy (non-hydrogen) atoms. The average molecular weight is 283 g/mol. The summed E-state index contributed by atoms with van der Waals surface area (Å²) in [6.07, 6.45) is 12.3. The summed E-state index contributed by atoms with van der Waals surface area (Å²) in [5, 5.41) is 3.91. The minimum atomic E-state index is 0.384. The van der Waals surface area contributed by atoms with Crippen LogP contribution in [0.15, 0.2) is 0 Å². The second kappa shape index (κ2) is 9.04. The van der Waals surface area contributed by atoms with E-state index in [4.69, 9.17) is 0 Å². The minimum Gasteiger partial charge on any atom is -0.312 e. The molecule has 0 aromatic carbocycles. The van der Waals surface area contributed by atoms with E-state index in [1.54, 1.807) is 0 Å². The third kappa shape index (κ3) is 4.73. The van der Waals surface area contributed by atoms with Crippen LogP contribution < -0.4 is 5.32 Å². The van der Waals surface area contributed by atoms with E-state index < -0.39 is 0 Å². The Morgan fingerprint density at radius 1 is 1.05 bits per heavy atom. The average Bonchev–Trinajstić information content (AvgIpc) is 2.69. The maximum Gasteiger partial charge on any atom is 0.0356 e. The van der Waals surface area contributed by atoms with E-state index in [0.29, 0.717) is 11.6 Å². The van der Waals surface area contributed by atoms with E-state index in [1.807, 2.05) is 0 Å². The first-order valence-corrected chi connectivity index (χ1v) is 8.97. The van der Waals surface area contributed by atoms with Crippen molar-refractivity contribution in [3.63, 3.8) is 0 Å². The smallest absolute Gasteiger partial charge is 0.0356 e. The predicted octanol–water partition coefficient (Wildman–Crippen LogP) is 4.45. The Kier molecular flexibility index (Phi) is 8.13. The Morgan fingerprint density at radius 3 is 2.10 bits per heavy atom. The highest BCUT2D eigenvalue weighted by Gasteiger charge is 2.40. The number of rotatable bonds is 8. The molecule has 0 heterocycles. The maximum absolute atomic E-state index is 3.91. The fraction of sp³-hybridized carbons (Fsp3) is 1.00. The molecule has 2 atom stereocenters. The number of hydrogen-bond donors (Lipinski definition) is 1. The first kappa shape index (κ1) is 18.0. The molecule has 1 aliphatic rings. The summed E-state index contributed by atoms with van der Waals surface area (Å²) in [6.45, 7) is 8.19. The summed E-state index contributed by atoms with van der Waals surface area (Å²) in [5.74, 6) is 0.824. The van der Waals surface area contributed by atoms with Crippen LogP contribution in [-0.4, -0.2) is 37.1 Å². The Morgan fingerprint density at radius 2 is 1.65 bits per heavy atom. The lowest BCUT2D eigenvalue weighted by Gasteiger charge is -2.47. The van der Waals surface area contributed by atoms with Crippen molar-refractivity contribution in [2.75, 3.05) is 20.6 Å². The second-order valence-electron chi connectivity index (χ2n) is 7.17. The van der Waals surface area contributed by atoms with Gasteiger partial charge in [-0.3, -0.25) is 0 Å². The van der Waals surface area contributed by atoms with Crippen molar-refractivity contribution in [2.45, 2.75) is 90.1 Å². The lowest BCUT2D eigenvalue weighted by Crippen LogP contribution is -2.59. The molecular weight excluding hydrogens is 244 g/mol. The molecule has 1 saturated carbocycles. The zero-order valence-corrected chi connectivity index (χ0v) is 14.7. The topological polar surface area (TPSA) is 15.3 Å². The van der Waals surface area contributed by atoms with Crippen LogP contribution in [0.2, 0.25) is 0 Å². The van der Waals surface area contributed by atoms with Gasteiger partial charge in [-0.15, -0.1) is 0 Å². The van der Waals surface area contributed by atoms with Gasteiger partial charge < -0.3 is 10.2 Å². The van der Waals surface area contributed by atoms with Gasteiger partial charge in [0, 0.05) is 11.6 Å². The molecule has 0 saturated heterocycles. The van der Waals surface area contributed by atoms with Crippen molar-refractivity contribution in [3.05, 3.63) is 0 Å². The lowest BCUT2D eigenvalue weighted by molar-refractivity contribution is 0.0691. The van der Waals surface area contributed by atoms with Crippen LogP contribution in [0.5, 0.6) is 0 Å². The van der Waals surface area contributed by atoms with Gasteiger partial charge in [0.2, 0.25) is 0 Å². The van der Waals surface area contributed by atoms with Gasteiger partial charge in [-0.05, 0) is 52.2 Å². The van der Waals surface area contributed by atoms with Gasteiger partial charge in [0.1, 0.15) is 0 Å². The predicted molar refractivity (Wildman–Crippen MR) is 90.3 cm³/mol. The third-order valence-corrected chi connectivity index (χ3v) is 5.48. The summed E-state index contributed by atoms with van der Waals surface area (Å²) < 4.78 is 0. The van der Waals surface area contributed by atoms with Gasteiger partial charge in [-0.25, -0.2) is 0 Å². The standard InChI is InChI=1S/C18H38N2/c1-6-14-19-17(15-16(3)7-2)18(20(4)5)12-10-8-9-11-13-18/h16-17,19H,6-15H2,1-5H3. The molecule has 0 aromatic rings. The van der Waals surface area contributed by atoms with E-state index in [0.717, 1.165) is 12.5 Å². The Hall–Kier alpha value is -0.0800. The number of hydrogen-bond acceptors (Lipinski definition) is 2. The lowest BCUT2D eigenvalue weighted by atomic mass is 9.77. The molecule has 1 N–H and O–H groups in total. The quantitative estimate of drug-likeness (QED) is 0.662. The maximum atomic E-state index is 3.91. The first-order chi connectivity index (χ1) is 9.56. The van der Waals surface area contributed by atoms with Crippen molar-refractivity contribution in [1.82, 2.24) is 10.2 Å². The van der Waals surface area contributed by atoms with Crippen molar-refractivity contribution in [3.8, 4) is 0 Å². The van der Waals surface area contributed by atoms with E-state index >= 15 is 0 Å². The minimum absolute atomic E-state index is 0.384. The van der Waals surface area contributed by atoms with E-state index in [1.165, 1.54) is 57.8 Å². The number of likely N-dealkylation sites (N-methyl/N-ethyl adjacent to an activating group) is 1. The number of nitrogens with one attached hydrogen (secondary N) is 1. The van der Waals surface area contributed by atoms with Gasteiger partial charge in [-0.2, -0.15) is 0 Å². The first-order valence-electron chi connectivity index (χ1n) is 8.97. The molecule has 1 fully saturated rings. The van der Waals surface area contributed by atoms with Crippen LogP contribution in [0.25, 0.3) is 0 Å². The Balaban J connectivity index is 2.89. The zero-order chi connectivity index (χ0) is 15.0. The van der Waals surface area contributed by atoms with Crippen molar-refractivity contribution in [2.24, 2.45) is 5.92 Å². The summed E-state index contributed by atoms with van der Waals surface area (Å²) in [4.78, 5) is 2.55. The van der Waals surface area contributed by atoms with Crippen LogP contribution in [0.4, 0.5) is 0 Å². The molecule has 2 heteroatoms. The molecule has 2 unspecified atom stereocenters. The molecule has 0 amide bonds. The molecule has 1 aliphatic carbocycles. The molecule has 2 nitrogen and oxygen atoms in total. The molecule has 0 spiro atoms. The zero-order valence-electron chi connectivity index (χ0n) is 14.7. The highest BCUT2D eigenvalue weighted by Crippen LogP contribution is 2.36. The highest BCUT2D eigenvalue weighted by atomic mass is 15.2. The SMILES string of the molecule is CCCNC(CC(C)CC)C1(N(C)C)CCCCCC1. The van der Waals surface area contributed by atoms with Crippen molar-refractivity contribution < 1.29 is 0 Å². The van der Waals surface area contributed by atoms with Crippen molar-refractivity contribution >= 4 is 0 Å². The van der Waals surface area contributed by atoms with Gasteiger partial charge in [-0.1, -0.05) is 52.9 Å². The Labute approximate surface area is 127 Å². The van der Waals surface area contributed by atoms with E-state index in [9.17, 15) is 0 Å². The molecule has 0 bridgehead atoms. The van der Waals surface area contributed by atoms with Crippen LogP contribution in [-0.2, 0) is 0 Å². The van der Waals surface area contributed by atoms with Gasteiger partial charge in [0.15, 0.2) is 0 Å². The van der Waals surface area contributed by atoms with Crippen LogP contribution in [0.1, 0.15) is 78.6 Å². The van der Waals surface area contributed by atoms with Crippen LogP contribution in [0, 0.1) is 5.92 Å². The van der Waals surface area contributed by atoms with E-state index in [2.05, 4.69) is 45.1 Å².